The van der Waals surface area contributed by atoms with Crippen LogP contribution in [0.25, 0.3) is 21.9 Å². The second-order valence-electron chi connectivity index (χ2n) is 31.7. The third-order valence-electron chi connectivity index (χ3n) is 19.2. The molecule has 2 aliphatic rings. The molecule has 7 aromatic carbocycles. The van der Waals surface area contributed by atoms with Crippen LogP contribution in [0.5, 0.6) is 35.1 Å². The maximum Gasteiger partial charge on any atom is 0.316 e. The van der Waals surface area contributed by atoms with E-state index in [0.717, 1.165) is 71.2 Å². The number of methoxy groups -OCH3 is 3. The molecule has 7 heterocycles. The zero-order valence-corrected chi connectivity index (χ0v) is 74.8. The molecular formula is C102H135F2N9O6. The zero-order chi connectivity index (χ0) is 86.8. The van der Waals surface area contributed by atoms with E-state index in [4.69, 9.17) is 28.4 Å². The molecule has 0 N–H and O–H groups in total. The summed E-state index contributed by atoms with van der Waals surface area (Å²) in [4.78, 5) is 36.1. The summed E-state index contributed by atoms with van der Waals surface area (Å²) < 4.78 is 57.6. The Morgan fingerprint density at radius 3 is 1.23 bits per heavy atom. The van der Waals surface area contributed by atoms with Gasteiger partial charge in [0, 0.05) is 80.2 Å². The average Bonchev–Trinajstić information content (AvgIpc) is 1.82. The molecule has 14 rings (SSSR count). The molecule has 0 radical (unpaired) electrons. The monoisotopic (exact) mass is 1620 g/mol. The fourth-order valence-corrected chi connectivity index (χ4v) is 11.2. The van der Waals surface area contributed by atoms with Gasteiger partial charge in [0.25, 0.3) is 0 Å². The minimum absolute atomic E-state index is 0. The smallest absolute Gasteiger partial charge is 0.316 e. The van der Waals surface area contributed by atoms with Crippen LogP contribution in [0.3, 0.4) is 0 Å². The van der Waals surface area contributed by atoms with Gasteiger partial charge < -0.3 is 28.4 Å². The molecule has 0 bridgehead atoms. The van der Waals surface area contributed by atoms with E-state index >= 15 is 0 Å². The lowest BCUT2D eigenvalue weighted by molar-refractivity contribution is 0.312. The number of aryl methyl sites for hydroxylation is 1. The van der Waals surface area contributed by atoms with Crippen molar-refractivity contribution in [2.45, 2.75) is 232 Å². The summed E-state index contributed by atoms with van der Waals surface area (Å²) >= 11 is 0. The average molecular weight is 1620 g/mol. The van der Waals surface area contributed by atoms with Crippen LogP contribution in [0, 0.1) is 18.6 Å². The van der Waals surface area contributed by atoms with Crippen molar-refractivity contribution >= 4 is 10.8 Å². The third kappa shape index (κ3) is 35.6. The Labute approximate surface area is 712 Å². The van der Waals surface area contributed by atoms with Gasteiger partial charge in [0.15, 0.2) is 11.6 Å². The highest BCUT2D eigenvalue weighted by molar-refractivity contribution is 5.83. The van der Waals surface area contributed by atoms with E-state index in [1.54, 1.807) is 45.1 Å². The minimum atomic E-state index is -0.288. The summed E-state index contributed by atoms with van der Waals surface area (Å²) in [5.74, 6) is 8.66. The molecule has 119 heavy (non-hydrogen) atoms. The van der Waals surface area contributed by atoms with Crippen molar-refractivity contribution in [3.05, 3.63) is 304 Å². The first kappa shape index (κ1) is 100. The molecule has 0 unspecified atom stereocenters. The van der Waals surface area contributed by atoms with Crippen molar-refractivity contribution < 1.29 is 37.2 Å². The molecule has 638 valence electrons. The molecule has 0 saturated heterocycles. The van der Waals surface area contributed by atoms with Crippen LogP contribution in [-0.2, 0) is 12.8 Å². The summed E-state index contributed by atoms with van der Waals surface area (Å²) in [6.07, 6.45) is 20.2. The highest BCUT2D eigenvalue weighted by Crippen LogP contribution is 2.32. The van der Waals surface area contributed by atoms with E-state index in [-0.39, 0.29) is 19.1 Å². The van der Waals surface area contributed by atoms with Gasteiger partial charge in [0.05, 0.1) is 41.2 Å². The first-order chi connectivity index (χ1) is 56.4. The number of pyridine rings is 1. The van der Waals surface area contributed by atoms with Crippen LogP contribution in [0.1, 0.15) is 285 Å². The zero-order valence-electron chi connectivity index (χ0n) is 74.8. The predicted molar refractivity (Wildman–Crippen MR) is 489 cm³/mol. The number of rotatable bonds is 16. The number of nitrogens with zero attached hydrogens (tertiary/aromatic N) is 9. The van der Waals surface area contributed by atoms with Crippen molar-refractivity contribution in [2.24, 2.45) is 0 Å². The highest BCUT2D eigenvalue weighted by atomic mass is 19.1. The Hall–Kier alpha value is -11.1. The molecule has 15 nitrogen and oxygen atoms in total. The lowest BCUT2D eigenvalue weighted by Gasteiger charge is -2.08. The number of aromatic nitrogens is 9. The number of ether oxygens (including phenoxy) is 6. The predicted octanol–water partition coefficient (Wildman–Crippen LogP) is 27.0. The molecule has 0 fully saturated rings. The van der Waals surface area contributed by atoms with Crippen molar-refractivity contribution in [3.8, 4) is 46.3 Å². The number of halogens is 2. The Balaban J connectivity index is 0.000000279. The molecule has 0 amide bonds. The third-order valence-corrected chi connectivity index (χ3v) is 19.2. The molecule has 2 aliphatic heterocycles. The maximum absolute atomic E-state index is 13.9. The summed E-state index contributed by atoms with van der Waals surface area (Å²) in [6.45, 7) is 48.9. The van der Waals surface area contributed by atoms with Gasteiger partial charge in [0.1, 0.15) is 29.5 Å². The number of benzene rings is 7. The normalized spacial score (nSPS) is 11.2. The lowest BCUT2D eigenvalue weighted by atomic mass is 9.98. The fourth-order valence-electron chi connectivity index (χ4n) is 11.2. The van der Waals surface area contributed by atoms with Gasteiger partial charge in [-0.2, -0.15) is 0 Å². The topological polar surface area (TPSA) is 171 Å². The van der Waals surface area contributed by atoms with E-state index in [2.05, 4.69) is 248 Å². The van der Waals surface area contributed by atoms with Gasteiger partial charge in [-0.25, -0.2) is 53.6 Å². The van der Waals surface area contributed by atoms with E-state index in [1.807, 2.05) is 132 Å². The molecule has 5 aromatic heterocycles. The second-order valence-corrected chi connectivity index (χ2v) is 31.7. The second kappa shape index (κ2) is 53.4. The van der Waals surface area contributed by atoms with Crippen LogP contribution in [-0.4, -0.2) is 86.0 Å². The van der Waals surface area contributed by atoms with Crippen molar-refractivity contribution in [1.82, 2.24) is 44.9 Å². The standard InChI is InChI=1S/C15H15F.C13H14.2C11H14O.C10H13FO.C9H14N2O.C9H13NO.C8H12N2O.C8H12N2.C7H10N2.CH4/c1-11(2)13-8-9-14(15(16)10-13)12-6-4-3-5-7-12;1-10(2)12-8-7-11-5-3-4-6-13(11)9-12;1-8(2)9-3-4-11-10(7-9)5-6-12-11;1-8(2)10-4-3-9-5-6-12-11(9)7-10;1-7(2)8-4-5-10(12-3)9(11)6-8;1-4-12-9-10-5-8(6-11-9)7(2)3;1-7(2)8-4-5-9(11-3)10-6-8;1-6(2)7-4-9-8(11-3)10-5-7;1-6(2)8-4-9-7(3)10-5-8;1-6(2)7-3-8-5-9-4-7;/h3-11H,1-2H3;3-10H,1-2H3;2*3-4,7-8H,5-6H2,1-2H3;4-7H,1-3H3;5-7H,4H2,1-3H3;4-7H,1-3H3;4-6H,1-3H3;4-6H,1-3H3;3-6H,1-2H3;1H4. The first-order valence-electron chi connectivity index (χ1n) is 41.4. The Morgan fingerprint density at radius 1 is 0.345 bits per heavy atom. The van der Waals surface area contributed by atoms with Crippen LogP contribution >= 0.6 is 0 Å². The van der Waals surface area contributed by atoms with Gasteiger partial charge >= 0.3 is 12.0 Å². The molecule has 12 aromatic rings. The number of hydrogen-bond donors (Lipinski definition) is 0. The van der Waals surface area contributed by atoms with E-state index in [0.29, 0.717) is 95.0 Å². The number of hydrogen-bond acceptors (Lipinski definition) is 15. The first-order valence-corrected chi connectivity index (χ1v) is 41.4. The van der Waals surface area contributed by atoms with Gasteiger partial charge in [0.2, 0.25) is 5.88 Å². The fraction of sp³-hybridized carbons (Fsp3) is 0.402. The van der Waals surface area contributed by atoms with Crippen molar-refractivity contribution in [3.63, 3.8) is 0 Å². The quantitative estimate of drug-likeness (QED) is 0.0894. The SMILES string of the molecule is C.CC(C)c1ccc(-c2ccccc2)c(F)c1.CC(C)c1ccc2c(c1)CCO2.CC(C)c1ccc2c(c1)OCC2.CC(C)c1ccc2ccccc2c1.CC(C)c1cncnc1.CCOc1ncc(C(C)C)cn1.COc1ccc(C(C)C)cc1F.COc1ccc(C(C)C)cn1.COc1ncc(C(C)C)cn1.Cc1ncc(C(C)C)cn1. The molecule has 0 aliphatic carbocycles. The Kier molecular flexibility index (Phi) is 45.0. The van der Waals surface area contributed by atoms with Crippen LogP contribution in [0.2, 0.25) is 0 Å². The van der Waals surface area contributed by atoms with Gasteiger partial charge in [-0.05, 0) is 186 Å². The van der Waals surface area contributed by atoms with E-state index in [1.165, 1.54) is 68.5 Å². The molecule has 0 atom stereocenters. The van der Waals surface area contributed by atoms with Gasteiger partial charge in [-0.1, -0.05) is 267 Å². The van der Waals surface area contributed by atoms with Crippen molar-refractivity contribution in [1.29, 1.82) is 0 Å². The van der Waals surface area contributed by atoms with Gasteiger partial charge in [-0.3, -0.25) is 0 Å². The van der Waals surface area contributed by atoms with E-state index < -0.39 is 0 Å². The number of fused-ring (bicyclic) bond motifs is 3. The minimum Gasteiger partial charge on any atom is -0.494 e. The Bertz CT molecular complexity index is 4660. The summed E-state index contributed by atoms with van der Waals surface area (Å²) in [6, 6.07) is 53.3. The van der Waals surface area contributed by atoms with Crippen LogP contribution in [0.15, 0.2) is 220 Å². The van der Waals surface area contributed by atoms with Gasteiger partial charge in [-0.15, -0.1) is 0 Å². The maximum atomic E-state index is 13.9. The van der Waals surface area contributed by atoms with Crippen molar-refractivity contribution in [2.75, 3.05) is 41.2 Å². The highest BCUT2D eigenvalue weighted by Gasteiger charge is 2.16. The summed E-state index contributed by atoms with van der Waals surface area (Å²) in [5, 5.41) is 2.67. The molecule has 0 spiro atoms. The van der Waals surface area contributed by atoms with Crippen LogP contribution < -0.4 is 28.4 Å². The largest absolute Gasteiger partial charge is 0.494 e. The molecular weight excluding hydrogens is 1490 g/mol. The summed E-state index contributed by atoms with van der Waals surface area (Å²) in [5.41, 5.74) is 16.5. The Morgan fingerprint density at radius 2 is 0.756 bits per heavy atom. The van der Waals surface area contributed by atoms with Crippen LogP contribution in [0.4, 0.5) is 8.78 Å². The van der Waals surface area contributed by atoms with E-state index in [9.17, 15) is 8.78 Å². The molecule has 17 heteroatoms. The molecule has 0 saturated carbocycles. The summed E-state index contributed by atoms with van der Waals surface area (Å²) in [7, 11) is 4.65. The lowest BCUT2D eigenvalue weighted by Crippen LogP contribution is -1.98.